The molecule has 3 N–H and O–H groups in total. The van der Waals surface area contributed by atoms with Crippen molar-refractivity contribution in [1.82, 2.24) is 10.6 Å². The summed E-state index contributed by atoms with van der Waals surface area (Å²) < 4.78 is 0. The van der Waals surface area contributed by atoms with E-state index in [-0.39, 0.29) is 11.9 Å². The minimum absolute atomic E-state index is 0.171. The van der Waals surface area contributed by atoms with E-state index in [1.54, 1.807) is 6.92 Å². The van der Waals surface area contributed by atoms with Crippen molar-refractivity contribution in [1.29, 1.82) is 0 Å². The Balaban J connectivity index is 2.18. The van der Waals surface area contributed by atoms with Crippen LogP contribution in [-0.4, -0.2) is 29.8 Å². The van der Waals surface area contributed by atoms with Gasteiger partial charge in [-0.25, -0.2) is 4.79 Å². The Labute approximate surface area is 97.8 Å². The second-order valence-electron chi connectivity index (χ2n) is 5.17. The summed E-state index contributed by atoms with van der Waals surface area (Å²) in [6, 6.07) is -0.171. The quantitative estimate of drug-likeness (QED) is 0.645. The van der Waals surface area contributed by atoms with Crippen LogP contribution in [0, 0.1) is 11.8 Å². The number of nitrogens with one attached hydrogen (secondary N) is 2. The Morgan fingerprint density at radius 2 is 2.12 bits per heavy atom. The van der Waals surface area contributed by atoms with E-state index >= 15 is 0 Å². The summed E-state index contributed by atoms with van der Waals surface area (Å²) in [5.74, 6) is 0.858. The van der Waals surface area contributed by atoms with Gasteiger partial charge in [-0.2, -0.15) is 0 Å². The third-order valence-corrected chi connectivity index (χ3v) is 3.53. The van der Waals surface area contributed by atoms with Crippen LogP contribution in [0.5, 0.6) is 0 Å². The molecular weight excluding hydrogens is 204 g/mol. The van der Waals surface area contributed by atoms with Gasteiger partial charge < -0.3 is 15.7 Å². The van der Waals surface area contributed by atoms with E-state index in [0.29, 0.717) is 12.5 Å². The predicted molar refractivity (Wildman–Crippen MR) is 64.2 cm³/mol. The first-order valence-electron chi connectivity index (χ1n) is 6.19. The van der Waals surface area contributed by atoms with Crippen LogP contribution in [-0.2, 0) is 0 Å². The van der Waals surface area contributed by atoms with Gasteiger partial charge >= 0.3 is 6.03 Å². The third-order valence-electron chi connectivity index (χ3n) is 3.53. The Bertz CT molecular complexity index is 237. The maximum absolute atomic E-state index is 11.4. The van der Waals surface area contributed by atoms with Crippen molar-refractivity contribution in [2.24, 2.45) is 11.8 Å². The van der Waals surface area contributed by atoms with Gasteiger partial charge in [0.1, 0.15) is 0 Å². The van der Waals surface area contributed by atoms with Crippen LogP contribution in [0.3, 0.4) is 0 Å². The fourth-order valence-corrected chi connectivity index (χ4v) is 1.49. The van der Waals surface area contributed by atoms with Crippen LogP contribution in [0.2, 0.25) is 0 Å². The second-order valence-corrected chi connectivity index (χ2v) is 5.17. The molecule has 0 aromatic rings. The van der Waals surface area contributed by atoms with Crippen molar-refractivity contribution in [3.05, 3.63) is 0 Å². The maximum atomic E-state index is 11.4. The standard InChI is InChI=1S/C12H24N2O2/c1-4-9(2)12(3,16)8-14-11(15)13-7-10-5-6-10/h9-10,16H,4-8H2,1-3H3,(H2,13,14,15). The lowest BCUT2D eigenvalue weighted by Gasteiger charge is -2.29. The Morgan fingerprint density at radius 3 is 2.62 bits per heavy atom. The van der Waals surface area contributed by atoms with Crippen LogP contribution in [0.25, 0.3) is 0 Å². The van der Waals surface area contributed by atoms with E-state index in [0.717, 1.165) is 13.0 Å². The molecule has 0 radical (unpaired) electrons. The molecule has 0 heterocycles. The molecule has 4 nitrogen and oxygen atoms in total. The highest BCUT2D eigenvalue weighted by atomic mass is 16.3. The highest BCUT2D eigenvalue weighted by molar-refractivity contribution is 5.73. The Hall–Kier alpha value is -0.770. The van der Waals surface area contributed by atoms with Crippen LogP contribution < -0.4 is 10.6 Å². The minimum Gasteiger partial charge on any atom is -0.388 e. The molecule has 4 heteroatoms. The van der Waals surface area contributed by atoms with E-state index in [1.165, 1.54) is 12.8 Å². The molecule has 0 aromatic heterocycles. The lowest BCUT2D eigenvalue weighted by atomic mass is 9.89. The third kappa shape index (κ3) is 4.39. The van der Waals surface area contributed by atoms with E-state index < -0.39 is 5.60 Å². The number of amides is 2. The van der Waals surface area contributed by atoms with Gasteiger partial charge in [0, 0.05) is 13.1 Å². The first kappa shape index (κ1) is 13.3. The van der Waals surface area contributed by atoms with Crippen LogP contribution >= 0.6 is 0 Å². The molecule has 1 aliphatic carbocycles. The first-order chi connectivity index (χ1) is 7.45. The summed E-state index contributed by atoms with van der Waals surface area (Å²) in [5.41, 5.74) is -0.828. The zero-order chi connectivity index (χ0) is 12.2. The average molecular weight is 228 g/mol. The fourth-order valence-electron chi connectivity index (χ4n) is 1.49. The lowest BCUT2D eigenvalue weighted by Crippen LogP contribution is -2.48. The van der Waals surface area contributed by atoms with Crippen molar-refractivity contribution in [3.63, 3.8) is 0 Å². The van der Waals surface area contributed by atoms with Crippen LogP contribution in [0.15, 0.2) is 0 Å². The smallest absolute Gasteiger partial charge is 0.314 e. The molecule has 2 atom stereocenters. The first-order valence-corrected chi connectivity index (χ1v) is 6.19. The van der Waals surface area contributed by atoms with Crippen molar-refractivity contribution in [2.45, 2.75) is 45.6 Å². The van der Waals surface area contributed by atoms with Crippen molar-refractivity contribution < 1.29 is 9.90 Å². The molecule has 0 aromatic carbocycles. The summed E-state index contributed by atoms with van der Waals surface area (Å²) in [6.45, 7) is 6.86. The molecule has 1 rings (SSSR count). The minimum atomic E-state index is -0.828. The van der Waals surface area contributed by atoms with Gasteiger partial charge in [-0.1, -0.05) is 20.3 Å². The van der Waals surface area contributed by atoms with Crippen molar-refractivity contribution >= 4 is 6.03 Å². The summed E-state index contributed by atoms with van der Waals surface area (Å²) in [6.07, 6.45) is 3.36. The number of rotatable bonds is 6. The molecule has 1 saturated carbocycles. The van der Waals surface area contributed by atoms with Gasteiger partial charge in [0.25, 0.3) is 0 Å². The highest BCUT2D eigenvalue weighted by Crippen LogP contribution is 2.27. The molecule has 94 valence electrons. The molecule has 1 fully saturated rings. The number of hydrogen-bond donors (Lipinski definition) is 3. The highest BCUT2D eigenvalue weighted by Gasteiger charge is 2.27. The summed E-state index contributed by atoms with van der Waals surface area (Å²) >= 11 is 0. The van der Waals surface area contributed by atoms with Gasteiger partial charge in [0.05, 0.1) is 5.60 Å². The molecular formula is C12H24N2O2. The van der Waals surface area contributed by atoms with Crippen molar-refractivity contribution in [2.75, 3.05) is 13.1 Å². The van der Waals surface area contributed by atoms with Gasteiger partial charge in [0.2, 0.25) is 0 Å². The van der Waals surface area contributed by atoms with Crippen molar-refractivity contribution in [3.8, 4) is 0 Å². The molecule has 1 aliphatic rings. The number of hydrogen-bond acceptors (Lipinski definition) is 2. The zero-order valence-electron chi connectivity index (χ0n) is 10.5. The number of carbonyl (C=O) groups excluding carboxylic acids is 1. The Kier molecular flexibility index (Phi) is 4.59. The van der Waals surface area contributed by atoms with E-state index in [9.17, 15) is 9.90 Å². The van der Waals surface area contributed by atoms with Gasteiger partial charge in [-0.05, 0) is 31.6 Å². The number of urea groups is 1. The normalized spacial score (nSPS) is 21.0. The Morgan fingerprint density at radius 1 is 1.50 bits per heavy atom. The SMILES string of the molecule is CCC(C)C(C)(O)CNC(=O)NCC1CC1. The average Bonchev–Trinajstić information content (AvgIpc) is 3.06. The van der Waals surface area contributed by atoms with Gasteiger partial charge in [-0.3, -0.25) is 0 Å². The molecule has 2 amide bonds. The molecule has 0 bridgehead atoms. The summed E-state index contributed by atoms with van der Waals surface area (Å²) in [5, 5.41) is 15.6. The lowest BCUT2D eigenvalue weighted by molar-refractivity contribution is 0.00791. The maximum Gasteiger partial charge on any atom is 0.314 e. The van der Waals surface area contributed by atoms with E-state index in [1.807, 2.05) is 13.8 Å². The zero-order valence-corrected chi connectivity index (χ0v) is 10.5. The molecule has 0 aliphatic heterocycles. The summed E-state index contributed by atoms with van der Waals surface area (Å²) in [4.78, 5) is 11.4. The fraction of sp³-hybridized carbons (Fsp3) is 0.917. The largest absolute Gasteiger partial charge is 0.388 e. The number of carbonyl (C=O) groups is 1. The van der Waals surface area contributed by atoms with Crippen LogP contribution in [0.1, 0.15) is 40.0 Å². The monoisotopic (exact) mass is 228 g/mol. The van der Waals surface area contributed by atoms with E-state index in [2.05, 4.69) is 10.6 Å². The van der Waals surface area contributed by atoms with Gasteiger partial charge in [0.15, 0.2) is 0 Å². The molecule has 0 spiro atoms. The number of aliphatic hydroxyl groups is 1. The molecule has 16 heavy (non-hydrogen) atoms. The topological polar surface area (TPSA) is 61.4 Å². The van der Waals surface area contributed by atoms with Gasteiger partial charge in [-0.15, -0.1) is 0 Å². The molecule has 2 unspecified atom stereocenters. The summed E-state index contributed by atoms with van der Waals surface area (Å²) in [7, 11) is 0. The van der Waals surface area contributed by atoms with Crippen LogP contribution in [0.4, 0.5) is 4.79 Å². The predicted octanol–water partition coefficient (Wildman–Crippen LogP) is 1.49. The second kappa shape index (κ2) is 5.53. The van der Waals surface area contributed by atoms with E-state index in [4.69, 9.17) is 0 Å². The molecule has 0 saturated heterocycles.